The maximum absolute atomic E-state index is 13.1. The molecule has 1 atom stereocenters. The van der Waals surface area contributed by atoms with Crippen LogP contribution in [0.3, 0.4) is 0 Å². The van der Waals surface area contributed by atoms with Crippen molar-refractivity contribution in [3.05, 3.63) is 64.8 Å². The number of ether oxygens (including phenoxy) is 1. The van der Waals surface area contributed by atoms with Crippen LogP contribution < -0.4 is 21.1 Å². The van der Waals surface area contributed by atoms with E-state index in [2.05, 4.69) is 9.72 Å². The molecule has 7 nitrogen and oxygen atoms in total. The number of alkyl halides is 3. The highest BCUT2D eigenvalue weighted by Gasteiger charge is 2.32. The zero-order chi connectivity index (χ0) is 23.6. The molecule has 4 N–H and O–H groups in total. The van der Waals surface area contributed by atoms with Crippen molar-refractivity contribution in [1.82, 2.24) is 4.98 Å². The molecule has 0 spiro atoms. The summed E-state index contributed by atoms with van der Waals surface area (Å²) in [6.07, 6.45) is -4.86. The zero-order valence-corrected chi connectivity index (χ0v) is 17.2. The first-order valence-corrected chi connectivity index (χ1v) is 9.79. The molecule has 0 aliphatic carbocycles. The van der Waals surface area contributed by atoms with E-state index in [-0.39, 0.29) is 27.1 Å². The fourth-order valence-corrected chi connectivity index (χ4v) is 3.80. The quantitative estimate of drug-likeness (QED) is 0.400. The molecule has 0 aliphatic rings. The maximum atomic E-state index is 13.1. The molecule has 168 valence electrons. The minimum Gasteiger partial charge on any atom is -0.406 e. The van der Waals surface area contributed by atoms with Crippen LogP contribution in [0.4, 0.5) is 34.2 Å². The summed E-state index contributed by atoms with van der Waals surface area (Å²) >= 11 is 0.857. The average molecular weight is 468 g/mol. The molecule has 32 heavy (non-hydrogen) atoms. The summed E-state index contributed by atoms with van der Waals surface area (Å²) in [5.74, 6) is -2.36. The number of halogens is 4. The Balaban J connectivity index is 1.98. The molecule has 1 amide bonds. The SMILES string of the molecule is C[C@@H](C(N)=O)N(c1ccc(OC(F)(F)F)cc1)c1nc(N)c(C(=O)c2ccc(F)cc2)s1. The fourth-order valence-electron chi connectivity index (χ4n) is 2.75. The van der Waals surface area contributed by atoms with E-state index in [4.69, 9.17) is 11.5 Å². The summed E-state index contributed by atoms with van der Waals surface area (Å²) in [6.45, 7) is 1.46. The number of nitrogens with two attached hydrogens (primary N) is 2. The fraction of sp³-hybridized carbons (Fsp3) is 0.150. The van der Waals surface area contributed by atoms with Gasteiger partial charge in [0.15, 0.2) is 5.13 Å². The largest absolute Gasteiger partial charge is 0.573 e. The third kappa shape index (κ3) is 5.14. The molecule has 3 rings (SSSR count). The van der Waals surface area contributed by atoms with E-state index >= 15 is 0 Å². The standard InChI is InChI=1S/C20H16F4N4O3S/c1-10(18(26)30)28(13-6-8-14(9-7-13)31-20(22,23)24)19-27-17(25)16(32-19)15(29)11-2-4-12(21)5-3-11/h2-10H,25H2,1H3,(H2,26,30)/t10-/m0/s1. The summed E-state index contributed by atoms with van der Waals surface area (Å²) < 4.78 is 54.2. The Kier molecular flexibility index (Phi) is 6.35. The van der Waals surface area contributed by atoms with Crippen molar-refractivity contribution in [2.24, 2.45) is 5.73 Å². The summed E-state index contributed by atoms with van der Waals surface area (Å²) in [5, 5.41) is 0.115. The molecule has 0 saturated carbocycles. The number of thiazole rings is 1. The van der Waals surface area contributed by atoms with Crippen LogP contribution in [0, 0.1) is 5.82 Å². The first kappa shape index (κ1) is 23.0. The van der Waals surface area contributed by atoms with Gasteiger partial charge in [-0.25, -0.2) is 9.37 Å². The number of rotatable bonds is 7. The number of anilines is 3. The van der Waals surface area contributed by atoms with E-state index < -0.39 is 35.7 Å². The van der Waals surface area contributed by atoms with Crippen LogP contribution in [0.25, 0.3) is 0 Å². The second-order valence-corrected chi connectivity index (χ2v) is 7.51. The lowest BCUT2D eigenvalue weighted by Crippen LogP contribution is -2.39. The van der Waals surface area contributed by atoms with Gasteiger partial charge in [-0.1, -0.05) is 11.3 Å². The molecule has 2 aromatic carbocycles. The third-order valence-corrected chi connectivity index (χ3v) is 5.38. The molecule has 3 aromatic rings. The lowest BCUT2D eigenvalue weighted by molar-refractivity contribution is -0.274. The molecule has 1 aromatic heterocycles. The van der Waals surface area contributed by atoms with Gasteiger partial charge in [0.2, 0.25) is 11.7 Å². The van der Waals surface area contributed by atoms with E-state index in [0.717, 1.165) is 35.6 Å². The molecule has 0 bridgehead atoms. The van der Waals surface area contributed by atoms with Gasteiger partial charge < -0.3 is 21.1 Å². The van der Waals surface area contributed by atoms with Crippen LogP contribution >= 0.6 is 11.3 Å². The maximum Gasteiger partial charge on any atom is 0.573 e. The van der Waals surface area contributed by atoms with Crippen molar-refractivity contribution in [3.63, 3.8) is 0 Å². The van der Waals surface area contributed by atoms with E-state index in [1.54, 1.807) is 0 Å². The third-order valence-electron chi connectivity index (χ3n) is 4.31. The Labute approximate surface area is 183 Å². The average Bonchev–Trinajstić information content (AvgIpc) is 3.09. The van der Waals surface area contributed by atoms with E-state index in [1.165, 1.54) is 36.1 Å². The van der Waals surface area contributed by atoms with Crippen LogP contribution in [0.2, 0.25) is 0 Å². The van der Waals surface area contributed by atoms with Gasteiger partial charge in [-0.3, -0.25) is 9.59 Å². The van der Waals surface area contributed by atoms with E-state index in [9.17, 15) is 27.2 Å². The van der Waals surface area contributed by atoms with Crippen LogP contribution in [-0.2, 0) is 4.79 Å². The minimum atomic E-state index is -4.86. The molecule has 0 unspecified atom stereocenters. The van der Waals surface area contributed by atoms with Crippen LogP contribution in [0.1, 0.15) is 22.2 Å². The second-order valence-electron chi connectivity index (χ2n) is 6.54. The van der Waals surface area contributed by atoms with Gasteiger partial charge in [0.25, 0.3) is 0 Å². The van der Waals surface area contributed by atoms with Crippen molar-refractivity contribution in [2.75, 3.05) is 10.6 Å². The number of carbonyl (C=O) groups excluding carboxylic acids is 2. The topological polar surface area (TPSA) is 112 Å². The predicted molar refractivity (Wildman–Crippen MR) is 110 cm³/mol. The summed E-state index contributed by atoms with van der Waals surface area (Å²) in [6, 6.07) is 8.52. The van der Waals surface area contributed by atoms with Crippen LogP contribution in [0.5, 0.6) is 5.75 Å². The van der Waals surface area contributed by atoms with Crippen molar-refractivity contribution >= 4 is 39.7 Å². The number of benzene rings is 2. The Bertz CT molecular complexity index is 1130. The molecule has 0 fully saturated rings. The predicted octanol–water partition coefficient (Wildman–Crippen LogP) is 4.01. The Morgan fingerprint density at radius 3 is 2.22 bits per heavy atom. The number of carbonyl (C=O) groups is 2. The number of nitrogens with zero attached hydrogens (tertiary/aromatic N) is 2. The van der Waals surface area contributed by atoms with Gasteiger partial charge in [-0.05, 0) is 55.5 Å². The van der Waals surface area contributed by atoms with E-state index in [0.29, 0.717) is 0 Å². The van der Waals surface area contributed by atoms with Gasteiger partial charge in [-0.15, -0.1) is 13.2 Å². The van der Waals surface area contributed by atoms with E-state index in [1.807, 2.05) is 0 Å². The lowest BCUT2D eigenvalue weighted by atomic mass is 10.1. The van der Waals surface area contributed by atoms with Crippen molar-refractivity contribution < 1.29 is 31.9 Å². The minimum absolute atomic E-state index is 0.0466. The summed E-state index contributed by atoms with van der Waals surface area (Å²) in [4.78, 5) is 30.2. The molecule has 1 heterocycles. The summed E-state index contributed by atoms with van der Waals surface area (Å²) in [5.41, 5.74) is 11.8. The summed E-state index contributed by atoms with van der Waals surface area (Å²) in [7, 11) is 0. The first-order valence-electron chi connectivity index (χ1n) is 8.97. The number of hydrogen-bond acceptors (Lipinski definition) is 7. The molecule has 0 radical (unpaired) electrons. The van der Waals surface area contributed by atoms with Gasteiger partial charge in [0, 0.05) is 11.3 Å². The van der Waals surface area contributed by atoms with Crippen LogP contribution in [0.15, 0.2) is 48.5 Å². The molecule has 0 saturated heterocycles. The number of hydrogen-bond donors (Lipinski definition) is 2. The van der Waals surface area contributed by atoms with Gasteiger partial charge >= 0.3 is 6.36 Å². The van der Waals surface area contributed by atoms with Crippen molar-refractivity contribution in [2.45, 2.75) is 19.3 Å². The first-order chi connectivity index (χ1) is 15.0. The highest BCUT2D eigenvalue weighted by atomic mass is 32.1. The highest BCUT2D eigenvalue weighted by Crippen LogP contribution is 2.37. The monoisotopic (exact) mass is 468 g/mol. The number of aromatic nitrogens is 1. The van der Waals surface area contributed by atoms with Gasteiger partial charge in [0.05, 0.1) is 0 Å². The molecule has 0 aliphatic heterocycles. The second kappa shape index (κ2) is 8.83. The zero-order valence-electron chi connectivity index (χ0n) is 16.4. The molecular weight excluding hydrogens is 452 g/mol. The number of primary amides is 1. The van der Waals surface area contributed by atoms with Gasteiger partial charge in [0.1, 0.15) is 28.3 Å². The highest BCUT2D eigenvalue weighted by molar-refractivity contribution is 7.18. The smallest absolute Gasteiger partial charge is 0.406 e. The Hall–Kier alpha value is -3.67. The molecule has 12 heteroatoms. The number of nitrogen functional groups attached to an aromatic ring is 1. The van der Waals surface area contributed by atoms with Gasteiger partial charge in [-0.2, -0.15) is 0 Å². The molecular formula is C20H16F4N4O3S. The van der Waals surface area contributed by atoms with Crippen molar-refractivity contribution in [3.8, 4) is 5.75 Å². The number of amides is 1. The van der Waals surface area contributed by atoms with Crippen LogP contribution in [-0.4, -0.2) is 29.1 Å². The number of ketones is 1. The Morgan fingerprint density at radius 1 is 1.09 bits per heavy atom. The normalized spacial score (nSPS) is 12.3. The Morgan fingerprint density at radius 2 is 1.69 bits per heavy atom. The lowest BCUT2D eigenvalue weighted by Gasteiger charge is -2.26. The van der Waals surface area contributed by atoms with Crippen molar-refractivity contribution in [1.29, 1.82) is 0 Å².